The Kier molecular flexibility index (Phi) is 7.68. The molecular weight excluding hydrogens is 361 g/mol. The molecule has 2 aromatic rings. The molecule has 6 heteroatoms. The van der Waals surface area contributed by atoms with E-state index in [2.05, 4.69) is 15.1 Å². The van der Waals surface area contributed by atoms with Crippen LogP contribution >= 0.6 is 11.8 Å². The summed E-state index contributed by atoms with van der Waals surface area (Å²) in [5, 5.41) is 2.98. The lowest BCUT2D eigenvalue weighted by Crippen LogP contribution is -2.49. The van der Waals surface area contributed by atoms with Crippen molar-refractivity contribution >= 4 is 17.7 Å². The second-order valence-electron chi connectivity index (χ2n) is 6.66. The van der Waals surface area contributed by atoms with E-state index in [1.165, 1.54) is 6.07 Å². The Morgan fingerprint density at radius 3 is 2.37 bits per heavy atom. The van der Waals surface area contributed by atoms with Crippen LogP contribution in [-0.4, -0.2) is 60.7 Å². The smallest absolute Gasteiger partial charge is 0.234 e. The van der Waals surface area contributed by atoms with Gasteiger partial charge in [0.1, 0.15) is 5.82 Å². The quantitative estimate of drug-likeness (QED) is 0.707. The number of thioether (sulfide) groups is 1. The van der Waals surface area contributed by atoms with Crippen LogP contribution < -0.4 is 5.32 Å². The maximum Gasteiger partial charge on any atom is 0.234 e. The lowest BCUT2D eigenvalue weighted by molar-refractivity contribution is -0.122. The van der Waals surface area contributed by atoms with Crippen molar-refractivity contribution in [3.8, 4) is 0 Å². The normalized spacial score (nSPS) is 15.6. The Hall–Kier alpha value is -1.89. The number of rotatable bonds is 8. The van der Waals surface area contributed by atoms with Crippen molar-refractivity contribution in [3.63, 3.8) is 0 Å². The van der Waals surface area contributed by atoms with Gasteiger partial charge < -0.3 is 5.32 Å². The molecule has 1 heterocycles. The first-order valence-corrected chi connectivity index (χ1v) is 10.3. The summed E-state index contributed by atoms with van der Waals surface area (Å²) in [5.74, 6) is 0.801. The fourth-order valence-corrected chi connectivity index (χ4v) is 4.02. The highest BCUT2D eigenvalue weighted by atomic mass is 32.2. The van der Waals surface area contributed by atoms with Gasteiger partial charge in [-0.15, -0.1) is 11.8 Å². The summed E-state index contributed by atoms with van der Waals surface area (Å²) in [7, 11) is 0. The molecule has 0 saturated carbocycles. The van der Waals surface area contributed by atoms with Crippen molar-refractivity contribution in [1.82, 2.24) is 15.1 Å². The van der Waals surface area contributed by atoms with Gasteiger partial charge in [0.05, 0.1) is 6.54 Å². The number of piperazine rings is 1. The molecule has 1 N–H and O–H groups in total. The summed E-state index contributed by atoms with van der Waals surface area (Å²) in [6, 6.07) is 16.9. The highest BCUT2D eigenvalue weighted by Gasteiger charge is 2.18. The number of hydrogen-bond acceptors (Lipinski definition) is 4. The molecule has 0 atom stereocenters. The summed E-state index contributed by atoms with van der Waals surface area (Å²) < 4.78 is 13.6. The van der Waals surface area contributed by atoms with Gasteiger partial charge in [-0.25, -0.2) is 4.39 Å². The van der Waals surface area contributed by atoms with Gasteiger partial charge in [-0.2, -0.15) is 0 Å². The molecule has 1 fully saturated rings. The average Bonchev–Trinajstić information content (AvgIpc) is 2.70. The first-order chi connectivity index (χ1) is 13.2. The molecule has 3 rings (SSSR count). The molecule has 27 heavy (non-hydrogen) atoms. The van der Waals surface area contributed by atoms with E-state index in [-0.39, 0.29) is 11.7 Å². The fourth-order valence-electron chi connectivity index (χ4n) is 3.07. The minimum Gasteiger partial charge on any atom is -0.351 e. The van der Waals surface area contributed by atoms with Gasteiger partial charge in [0, 0.05) is 49.9 Å². The predicted octanol–water partition coefficient (Wildman–Crippen LogP) is 2.85. The van der Waals surface area contributed by atoms with E-state index in [9.17, 15) is 9.18 Å². The van der Waals surface area contributed by atoms with Crippen molar-refractivity contribution in [2.45, 2.75) is 11.4 Å². The first kappa shape index (κ1) is 19.9. The standard InChI is InChI=1S/C21H26FN3OS/c22-19-8-4-5-9-20(19)27-15-14-24-10-12-25(13-11-24)17-21(26)23-16-18-6-2-1-3-7-18/h1-9H,10-17H2,(H,23,26). The maximum absolute atomic E-state index is 13.6. The molecule has 2 aromatic carbocycles. The van der Waals surface area contributed by atoms with E-state index in [1.54, 1.807) is 17.8 Å². The Balaban J connectivity index is 1.30. The lowest BCUT2D eigenvalue weighted by Gasteiger charge is -2.34. The predicted molar refractivity (Wildman–Crippen MR) is 108 cm³/mol. The van der Waals surface area contributed by atoms with E-state index in [1.807, 2.05) is 42.5 Å². The molecule has 1 aliphatic rings. The van der Waals surface area contributed by atoms with Crippen LogP contribution in [0.2, 0.25) is 0 Å². The highest BCUT2D eigenvalue weighted by Crippen LogP contribution is 2.21. The second kappa shape index (κ2) is 10.4. The van der Waals surface area contributed by atoms with Crippen molar-refractivity contribution in [1.29, 1.82) is 0 Å². The Bertz CT molecular complexity index is 720. The summed E-state index contributed by atoms with van der Waals surface area (Å²) in [6.07, 6.45) is 0. The summed E-state index contributed by atoms with van der Waals surface area (Å²) in [4.78, 5) is 17.4. The van der Waals surface area contributed by atoms with Gasteiger partial charge in [-0.1, -0.05) is 42.5 Å². The van der Waals surface area contributed by atoms with Crippen molar-refractivity contribution in [3.05, 3.63) is 66.0 Å². The Morgan fingerprint density at radius 2 is 1.63 bits per heavy atom. The summed E-state index contributed by atoms with van der Waals surface area (Å²) in [6.45, 7) is 5.64. The third-order valence-electron chi connectivity index (χ3n) is 4.67. The SMILES string of the molecule is O=C(CN1CCN(CCSc2ccccc2F)CC1)NCc1ccccc1. The number of amides is 1. The zero-order valence-corrected chi connectivity index (χ0v) is 16.3. The Morgan fingerprint density at radius 1 is 0.963 bits per heavy atom. The molecule has 0 bridgehead atoms. The minimum absolute atomic E-state index is 0.0717. The number of nitrogens with zero attached hydrogens (tertiary/aromatic N) is 2. The van der Waals surface area contributed by atoms with Crippen LogP contribution in [0.25, 0.3) is 0 Å². The number of halogens is 1. The van der Waals surface area contributed by atoms with Crippen molar-refractivity contribution in [2.75, 3.05) is 45.0 Å². The fraction of sp³-hybridized carbons (Fsp3) is 0.381. The van der Waals surface area contributed by atoms with Gasteiger partial charge in [-0.05, 0) is 17.7 Å². The molecule has 4 nitrogen and oxygen atoms in total. The molecule has 0 aromatic heterocycles. The minimum atomic E-state index is -0.145. The zero-order valence-electron chi connectivity index (χ0n) is 15.4. The molecule has 0 unspecified atom stereocenters. The molecule has 0 spiro atoms. The average molecular weight is 388 g/mol. The van der Waals surface area contributed by atoms with Gasteiger partial charge >= 0.3 is 0 Å². The topological polar surface area (TPSA) is 35.6 Å². The van der Waals surface area contributed by atoms with E-state index in [0.29, 0.717) is 18.0 Å². The number of carbonyl (C=O) groups excluding carboxylic acids is 1. The molecule has 144 valence electrons. The van der Waals surface area contributed by atoms with Gasteiger partial charge in [0.15, 0.2) is 0 Å². The van der Waals surface area contributed by atoms with E-state index >= 15 is 0 Å². The summed E-state index contributed by atoms with van der Waals surface area (Å²) >= 11 is 1.56. The number of carbonyl (C=O) groups is 1. The van der Waals surface area contributed by atoms with Crippen LogP contribution in [0.5, 0.6) is 0 Å². The zero-order chi connectivity index (χ0) is 18.9. The van der Waals surface area contributed by atoms with Crippen LogP contribution in [-0.2, 0) is 11.3 Å². The van der Waals surface area contributed by atoms with Crippen molar-refractivity contribution < 1.29 is 9.18 Å². The third-order valence-corrected chi connectivity index (χ3v) is 5.70. The lowest BCUT2D eigenvalue weighted by atomic mass is 10.2. The van der Waals surface area contributed by atoms with Crippen LogP contribution in [0.3, 0.4) is 0 Å². The van der Waals surface area contributed by atoms with E-state index in [0.717, 1.165) is 44.0 Å². The Labute approximate surface area is 164 Å². The van der Waals surface area contributed by atoms with Crippen LogP contribution in [0, 0.1) is 5.82 Å². The largest absolute Gasteiger partial charge is 0.351 e. The second-order valence-corrected chi connectivity index (χ2v) is 7.80. The molecule has 0 radical (unpaired) electrons. The van der Waals surface area contributed by atoms with E-state index in [4.69, 9.17) is 0 Å². The molecule has 1 aliphatic heterocycles. The van der Waals surface area contributed by atoms with Gasteiger partial charge in [0.2, 0.25) is 5.91 Å². The van der Waals surface area contributed by atoms with Crippen molar-refractivity contribution in [2.24, 2.45) is 0 Å². The third kappa shape index (κ3) is 6.65. The number of hydrogen-bond donors (Lipinski definition) is 1. The van der Waals surface area contributed by atoms with E-state index < -0.39 is 0 Å². The van der Waals surface area contributed by atoms with Crippen LogP contribution in [0.4, 0.5) is 4.39 Å². The molecular formula is C21H26FN3OS. The van der Waals surface area contributed by atoms with Gasteiger partial charge in [-0.3, -0.25) is 14.6 Å². The van der Waals surface area contributed by atoms with Crippen LogP contribution in [0.15, 0.2) is 59.5 Å². The maximum atomic E-state index is 13.6. The van der Waals surface area contributed by atoms with Crippen LogP contribution in [0.1, 0.15) is 5.56 Å². The highest BCUT2D eigenvalue weighted by molar-refractivity contribution is 7.99. The monoisotopic (exact) mass is 387 g/mol. The number of benzene rings is 2. The number of nitrogens with one attached hydrogen (secondary N) is 1. The molecule has 1 amide bonds. The molecule has 0 aliphatic carbocycles. The molecule has 1 saturated heterocycles. The van der Waals surface area contributed by atoms with Gasteiger partial charge in [0.25, 0.3) is 0 Å². The first-order valence-electron chi connectivity index (χ1n) is 9.33. The summed E-state index contributed by atoms with van der Waals surface area (Å²) in [5.41, 5.74) is 1.11.